The number of hydrogen-bond donors (Lipinski definition) is 1. The zero-order chi connectivity index (χ0) is 16.9. The molecule has 3 rings (SSSR count). The van der Waals surface area contributed by atoms with Crippen LogP contribution in [-0.4, -0.2) is 58.1 Å². The molecule has 0 aliphatic carbocycles. The highest BCUT2D eigenvalue weighted by Crippen LogP contribution is 2.15. The largest absolute Gasteiger partial charge is 0.373 e. The fourth-order valence-corrected chi connectivity index (χ4v) is 2.75. The Morgan fingerprint density at radius 3 is 2.42 bits per heavy atom. The Bertz CT molecular complexity index is 648. The zero-order valence-corrected chi connectivity index (χ0v) is 14.6. The van der Waals surface area contributed by atoms with Crippen LogP contribution in [0.4, 0.5) is 11.8 Å². The van der Waals surface area contributed by atoms with Crippen LogP contribution in [0.15, 0.2) is 24.7 Å². The van der Waals surface area contributed by atoms with Gasteiger partial charge in [-0.05, 0) is 6.07 Å². The number of nitrogens with one attached hydrogen (secondary N) is 1. The van der Waals surface area contributed by atoms with Crippen LogP contribution in [-0.2, 0) is 6.54 Å². The lowest BCUT2D eigenvalue weighted by atomic mass is 10.2. The third-order valence-electron chi connectivity index (χ3n) is 4.20. The third kappa shape index (κ3) is 3.97. The average molecular weight is 327 g/mol. The third-order valence-corrected chi connectivity index (χ3v) is 4.20. The first-order valence-electron chi connectivity index (χ1n) is 8.44. The molecule has 1 fully saturated rings. The number of rotatable bonds is 5. The van der Waals surface area contributed by atoms with Crippen LogP contribution in [0.5, 0.6) is 0 Å². The summed E-state index contributed by atoms with van der Waals surface area (Å²) in [5.74, 6) is 2.93. The van der Waals surface area contributed by atoms with Crippen LogP contribution >= 0.6 is 0 Å². The summed E-state index contributed by atoms with van der Waals surface area (Å²) in [5.41, 5.74) is 1.17. The van der Waals surface area contributed by atoms with Crippen molar-refractivity contribution in [1.29, 1.82) is 0 Å². The summed E-state index contributed by atoms with van der Waals surface area (Å²) in [6, 6.07) is 1.88. The van der Waals surface area contributed by atoms with Crippen molar-refractivity contribution in [1.82, 2.24) is 24.8 Å². The molecule has 128 valence electrons. The first-order valence-corrected chi connectivity index (χ1v) is 8.44. The fraction of sp³-hybridized carbons (Fsp3) is 0.529. The van der Waals surface area contributed by atoms with E-state index in [0.29, 0.717) is 5.92 Å². The summed E-state index contributed by atoms with van der Waals surface area (Å²) in [7, 11) is 1.87. The number of anilines is 2. The van der Waals surface area contributed by atoms with Gasteiger partial charge in [0.1, 0.15) is 11.6 Å². The molecular weight excluding hydrogens is 302 g/mol. The molecule has 0 spiro atoms. The van der Waals surface area contributed by atoms with E-state index in [1.54, 1.807) is 6.20 Å². The number of nitrogens with zero attached hydrogens (tertiary/aromatic N) is 6. The van der Waals surface area contributed by atoms with Gasteiger partial charge in [-0.3, -0.25) is 4.90 Å². The van der Waals surface area contributed by atoms with E-state index in [9.17, 15) is 0 Å². The lowest BCUT2D eigenvalue weighted by Gasteiger charge is -2.34. The van der Waals surface area contributed by atoms with Crippen molar-refractivity contribution in [2.24, 2.45) is 0 Å². The van der Waals surface area contributed by atoms with Gasteiger partial charge in [0.05, 0.1) is 0 Å². The molecule has 0 radical (unpaired) electrons. The van der Waals surface area contributed by atoms with Crippen molar-refractivity contribution in [2.75, 3.05) is 43.4 Å². The van der Waals surface area contributed by atoms with Gasteiger partial charge in [-0.25, -0.2) is 15.0 Å². The first-order chi connectivity index (χ1) is 11.7. The SMILES string of the molecule is CNc1ccnc(N2CCN(Cc3cnc(C(C)C)nc3)CC2)n1. The van der Waals surface area contributed by atoms with Crippen molar-refractivity contribution in [3.63, 3.8) is 0 Å². The first kappa shape index (κ1) is 16.6. The van der Waals surface area contributed by atoms with Crippen LogP contribution in [0.3, 0.4) is 0 Å². The van der Waals surface area contributed by atoms with Crippen LogP contribution in [0.2, 0.25) is 0 Å². The molecule has 1 saturated heterocycles. The van der Waals surface area contributed by atoms with Crippen LogP contribution in [0.1, 0.15) is 31.2 Å². The molecule has 1 N–H and O–H groups in total. The van der Waals surface area contributed by atoms with Crippen molar-refractivity contribution in [3.05, 3.63) is 36.0 Å². The molecule has 2 aromatic rings. The van der Waals surface area contributed by atoms with Gasteiger partial charge in [-0.15, -0.1) is 0 Å². The smallest absolute Gasteiger partial charge is 0.227 e. The number of hydrogen-bond acceptors (Lipinski definition) is 7. The standard InChI is InChI=1S/C17H25N7/c1-13(2)16-20-10-14(11-21-16)12-23-6-8-24(9-7-23)17-19-5-4-15(18-3)22-17/h4-5,10-11,13H,6-9,12H2,1-3H3,(H,18,19,22). The van der Waals surface area contributed by atoms with Gasteiger partial charge < -0.3 is 10.2 Å². The van der Waals surface area contributed by atoms with Crippen molar-refractivity contribution >= 4 is 11.8 Å². The highest BCUT2D eigenvalue weighted by Gasteiger charge is 2.19. The van der Waals surface area contributed by atoms with E-state index < -0.39 is 0 Å². The molecule has 0 bridgehead atoms. The van der Waals surface area contributed by atoms with Crippen molar-refractivity contribution < 1.29 is 0 Å². The molecule has 7 nitrogen and oxygen atoms in total. The van der Waals surface area contributed by atoms with Gasteiger partial charge in [-0.1, -0.05) is 13.8 Å². The van der Waals surface area contributed by atoms with E-state index in [2.05, 4.69) is 48.9 Å². The van der Waals surface area contributed by atoms with E-state index in [1.165, 1.54) is 5.56 Å². The second kappa shape index (κ2) is 7.53. The van der Waals surface area contributed by atoms with Crippen LogP contribution in [0, 0.1) is 0 Å². The molecule has 0 amide bonds. The second-order valence-electron chi connectivity index (χ2n) is 6.36. The van der Waals surface area contributed by atoms with Gasteiger partial charge in [-0.2, -0.15) is 4.98 Å². The minimum absolute atomic E-state index is 0.371. The number of aromatic nitrogens is 4. The molecule has 1 aliphatic heterocycles. The van der Waals surface area contributed by atoms with Crippen molar-refractivity contribution in [2.45, 2.75) is 26.3 Å². The Kier molecular flexibility index (Phi) is 5.20. The van der Waals surface area contributed by atoms with Crippen molar-refractivity contribution in [3.8, 4) is 0 Å². The molecule has 7 heteroatoms. The molecule has 24 heavy (non-hydrogen) atoms. The molecule has 2 aromatic heterocycles. The van der Waals surface area contributed by atoms with E-state index in [4.69, 9.17) is 0 Å². The molecule has 3 heterocycles. The predicted octanol–water partition coefficient (Wildman–Crippen LogP) is 1.75. The minimum Gasteiger partial charge on any atom is -0.373 e. The van der Waals surface area contributed by atoms with Gasteiger partial charge >= 0.3 is 0 Å². The quantitative estimate of drug-likeness (QED) is 0.897. The molecule has 1 aliphatic rings. The number of piperazine rings is 1. The maximum absolute atomic E-state index is 4.52. The highest BCUT2D eigenvalue weighted by atomic mass is 15.3. The Labute approximate surface area is 143 Å². The zero-order valence-electron chi connectivity index (χ0n) is 14.6. The maximum atomic E-state index is 4.52. The minimum atomic E-state index is 0.371. The summed E-state index contributed by atoms with van der Waals surface area (Å²) in [4.78, 5) is 22.5. The van der Waals surface area contributed by atoms with Gasteiger partial charge in [0, 0.05) is 69.8 Å². The molecule has 0 unspecified atom stereocenters. The topological polar surface area (TPSA) is 70.1 Å². The van der Waals surface area contributed by atoms with Crippen LogP contribution in [0.25, 0.3) is 0 Å². The highest BCUT2D eigenvalue weighted by molar-refractivity contribution is 5.41. The lowest BCUT2D eigenvalue weighted by molar-refractivity contribution is 0.248. The summed E-state index contributed by atoms with van der Waals surface area (Å²) in [5, 5.41) is 3.06. The van der Waals surface area contributed by atoms with E-state index in [1.807, 2.05) is 25.5 Å². The Balaban J connectivity index is 1.55. The Hall–Kier alpha value is -2.28. The van der Waals surface area contributed by atoms with Gasteiger partial charge in [0.15, 0.2) is 0 Å². The Morgan fingerprint density at radius 1 is 1.08 bits per heavy atom. The second-order valence-corrected chi connectivity index (χ2v) is 6.36. The van der Waals surface area contributed by atoms with Gasteiger partial charge in [0.25, 0.3) is 0 Å². The summed E-state index contributed by atoms with van der Waals surface area (Å²) >= 11 is 0. The molecule has 0 saturated carbocycles. The summed E-state index contributed by atoms with van der Waals surface area (Å²) in [6.45, 7) is 8.94. The fourth-order valence-electron chi connectivity index (χ4n) is 2.75. The van der Waals surface area contributed by atoms with E-state index in [0.717, 1.165) is 50.3 Å². The summed E-state index contributed by atoms with van der Waals surface area (Å²) < 4.78 is 0. The van der Waals surface area contributed by atoms with E-state index >= 15 is 0 Å². The lowest BCUT2D eigenvalue weighted by Crippen LogP contribution is -2.46. The monoisotopic (exact) mass is 327 g/mol. The normalized spacial score (nSPS) is 15.8. The predicted molar refractivity (Wildman–Crippen MR) is 95.2 cm³/mol. The van der Waals surface area contributed by atoms with Gasteiger partial charge in [0.2, 0.25) is 5.95 Å². The van der Waals surface area contributed by atoms with E-state index in [-0.39, 0.29) is 0 Å². The average Bonchev–Trinajstić information content (AvgIpc) is 2.63. The maximum Gasteiger partial charge on any atom is 0.227 e. The molecule has 0 atom stereocenters. The van der Waals surface area contributed by atoms with Crippen LogP contribution < -0.4 is 10.2 Å². The Morgan fingerprint density at radius 2 is 1.79 bits per heavy atom. The summed E-state index contributed by atoms with van der Waals surface area (Å²) in [6.07, 6.45) is 5.70. The molecule has 0 aromatic carbocycles. The molecular formula is C17H25N7.